The van der Waals surface area contributed by atoms with Gasteiger partial charge in [-0.3, -0.25) is 0 Å². The van der Waals surface area contributed by atoms with Gasteiger partial charge in [0.1, 0.15) is 0 Å². The molecule has 6 nitrogen and oxygen atoms in total. The van der Waals surface area contributed by atoms with Crippen molar-refractivity contribution in [3.05, 3.63) is 0 Å². The van der Waals surface area contributed by atoms with Crippen LogP contribution in [-0.4, -0.2) is 58.1 Å². The summed E-state index contributed by atoms with van der Waals surface area (Å²) in [6.07, 6.45) is -0.642. The van der Waals surface area contributed by atoms with Crippen molar-refractivity contribution in [2.75, 3.05) is 20.3 Å². The van der Waals surface area contributed by atoms with Crippen LogP contribution in [-0.2, 0) is 13.9 Å². The van der Waals surface area contributed by atoms with Crippen molar-refractivity contribution in [3.63, 3.8) is 0 Å². The third-order valence-electron chi connectivity index (χ3n) is 4.50. The topological polar surface area (TPSA) is 77.0 Å². The Kier molecular flexibility index (Phi) is 6.21. The summed E-state index contributed by atoms with van der Waals surface area (Å²) in [6, 6.07) is -0.323. The van der Waals surface area contributed by atoms with Crippen molar-refractivity contribution >= 4 is 14.4 Å². The maximum Gasteiger partial charge on any atom is 0.405 e. The largest absolute Gasteiger partial charge is 0.465 e. The molecule has 2 N–H and O–H groups in total. The fourth-order valence-corrected chi connectivity index (χ4v) is 3.06. The molecule has 0 aliphatic carbocycles. The van der Waals surface area contributed by atoms with E-state index < -0.39 is 14.4 Å². The lowest BCUT2D eigenvalue weighted by Crippen LogP contribution is -2.53. The van der Waals surface area contributed by atoms with Crippen LogP contribution in [0.2, 0.25) is 18.1 Å². The van der Waals surface area contributed by atoms with Crippen molar-refractivity contribution in [1.29, 1.82) is 0 Å². The standard InChI is InChI=1S/C14H29NO5Si/c1-14(2,3)21(5,6)20-8-10-7-12(18-4)11(9-19-10)15-13(16)17/h10-12,15H,7-9H2,1-6H3,(H,16,17)/t10-,11-,12?/m0/s1. The normalized spacial score (nSPS) is 27.4. The highest BCUT2D eigenvalue weighted by Crippen LogP contribution is 2.36. The van der Waals surface area contributed by atoms with E-state index in [1.165, 1.54) is 0 Å². The van der Waals surface area contributed by atoms with Gasteiger partial charge in [-0.25, -0.2) is 4.79 Å². The second-order valence-electron chi connectivity index (χ2n) is 7.09. The van der Waals surface area contributed by atoms with Gasteiger partial charge in [-0.15, -0.1) is 0 Å². The first kappa shape index (κ1) is 18.4. The molecule has 0 aromatic rings. The summed E-state index contributed by atoms with van der Waals surface area (Å²) < 4.78 is 17.3. The van der Waals surface area contributed by atoms with Crippen LogP contribution in [0.25, 0.3) is 0 Å². The molecular weight excluding hydrogens is 290 g/mol. The number of nitrogens with one attached hydrogen (secondary N) is 1. The second-order valence-corrected chi connectivity index (χ2v) is 11.9. The molecule has 1 amide bonds. The van der Waals surface area contributed by atoms with Gasteiger partial charge in [0.05, 0.1) is 31.5 Å². The number of methoxy groups -OCH3 is 1. The van der Waals surface area contributed by atoms with Crippen molar-refractivity contribution in [2.45, 2.75) is 63.6 Å². The highest BCUT2D eigenvalue weighted by atomic mass is 28.4. The van der Waals surface area contributed by atoms with Crippen LogP contribution in [0.5, 0.6) is 0 Å². The van der Waals surface area contributed by atoms with Crippen LogP contribution in [0, 0.1) is 0 Å². The molecule has 21 heavy (non-hydrogen) atoms. The Bertz CT molecular complexity index is 356. The highest BCUT2D eigenvalue weighted by molar-refractivity contribution is 6.74. The van der Waals surface area contributed by atoms with Gasteiger partial charge in [0.2, 0.25) is 0 Å². The Morgan fingerprint density at radius 2 is 2.05 bits per heavy atom. The number of rotatable bonds is 5. The Labute approximate surface area is 128 Å². The van der Waals surface area contributed by atoms with Gasteiger partial charge in [0.25, 0.3) is 0 Å². The zero-order valence-corrected chi connectivity index (χ0v) is 14.9. The predicted octanol–water partition coefficient (Wildman–Crippen LogP) is 2.45. The van der Waals surface area contributed by atoms with E-state index in [0.717, 1.165) is 0 Å². The van der Waals surface area contributed by atoms with E-state index in [0.29, 0.717) is 19.6 Å². The summed E-state index contributed by atoms with van der Waals surface area (Å²) in [5.41, 5.74) is 0. The van der Waals surface area contributed by atoms with E-state index in [4.69, 9.17) is 19.0 Å². The minimum Gasteiger partial charge on any atom is -0.465 e. The number of amides is 1. The van der Waals surface area contributed by atoms with Crippen LogP contribution in [0.1, 0.15) is 27.2 Å². The Balaban J connectivity index is 2.51. The van der Waals surface area contributed by atoms with E-state index in [1.807, 2.05) is 0 Å². The lowest BCUT2D eigenvalue weighted by molar-refractivity contribution is -0.0916. The first-order valence-corrected chi connectivity index (χ1v) is 10.3. The average molecular weight is 319 g/mol. The van der Waals surface area contributed by atoms with Gasteiger partial charge in [-0.05, 0) is 18.1 Å². The first-order valence-electron chi connectivity index (χ1n) is 7.34. The lowest BCUT2D eigenvalue weighted by atomic mass is 10.0. The maximum absolute atomic E-state index is 10.7. The quantitative estimate of drug-likeness (QED) is 0.761. The number of carbonyl (C=O) groups is 1. The van der Waals surface area contributed by atoms with Gasteiger partial charge >= 0.3 is 6.09 Å². The fraction of sp³-hybridized carbons (Fsp3) is 0.929. The number of carboxylic acid groups (broad SMARTS) is 1. The van der Waals surface area contributed by atoms with E-state index in [9.17, 15) is 4.79 Å². The van der Waals surface area contributed by atoms with Crippen LogP contribution in [0.4, 0.5) is 4.79 Å². The molecule has 0 radical (unpaired) electrons. The fourth-order valence-electron chi connectivity index (χ4n) is 2.03. The van der Waals surface area contributed by atoms with Crippen LogP contribution < -0.4 is 5.32 Å². The van der Waals surface area contributed by atoms with Gasteiger partial charge in [0.15, 0.2) is 8.32 Å². The number of ether oxygens (including phenoxy) is 2. The molecule has 0 bridgehead atoms. The van der Waals surface area contributed by atoms with Crippen LogP contribution in [0.3, 0.4) is 0 Å². The molecule has 7 heteroatoms. The molecule has 1 fully saturated rings. The number of hydrogen-bond acceptors (Lipinski definition) is 4. The van der Waals surface area contributed by atoms with Crippen LogP contribution in [0.15, 0.2) is 0 Å². The summed E-state index contributed by atoms with van der Waals surface area (Å²) in [7, 11) is -0.199. The highest BCUT2D eigenvalue weighted by Gasteiger charge is 2.39. The zero-order chi connectivity index (χ0) is 16.3. The minimum absolute atomic E-state index is 0.0454. The molecule has 1 unspecified atom stereocenters. The molecule has 124 valence electrons. The Hall–Kier alpha value is -0.633. The van der Waals surface area contributed by atoms with Gasteiger partial charge in [-0.2, -0.15) is 0 Å². The smallest absolute Gasteiger partial charge is 0.405 e. The first-order chi connectivity index (χ1) is 9.56. The molecule has 1 heterocycles. The molecular formula is C14H29NO5Si. The van der Waals surface area contributed by atoms with Crippen molar-refractivity contribution in [1.82, 2.24) is 5.32 Å². The molecule has 1 aliphatic heterocycles. The Morgan fingerprint density at radius 1 is 1.43 bits per heavy atom. The third kappa shape index (κ3) is 5.25. The summed E-state index contributed by atoms with van der Waals surface area (Å²) >= 11 is 0. The van der Waals surface area contributed by atoms with E-state index in [2.05, 4.69) is 39.2 Å². The van der Waals surface area contributed by atoms with E-state index in [-0.39, 0.29) is 23.3 Å². The summed E-state index contributed by atoms with van der Waals surface area (Å²) in [6.45, 7) is 11.9. The van der Waals surface area contributed by atoms with E-state index in [1.54, 1.807) is 7.11 Å². The van der Waals surface area contributed by atoms with Crippen molar-refractivity contribution in [3.8, 4) is 0 Å². The lowest BCUT2D eigenvalue weighted by Gasteiger charge is -2.39. The van der Waals surface area contributed by atoms with Crippen molar-refractivity contribution < 1.29 is 23.8 Å². The van der Waals surface area contributed by atoms with Gasteiger partial charge in [-0.1, -0.05) is 20.8 Å². The van der Waals surface area contributed by atoms with Crippen LogP contribution >= 0.6 is 0 Å². The maximum atomic E-state index is 10.7. The Morgan fingerprint density at radius 3 is 2.52 bits per heavy atom. The van der Waals surface area contributed by atoms with Gasteiger partial charge in [0, 0.05) is 13.5 Å². The summed E-state index contributed by atoms with van der Waals surface area (Å²) in [5.74, 6) is 0. The molecule has 1 saturated heterocycles. The number of hydrogen-bond donors (Lipinski definition) is 2. The zero-order valence-electron chi connectivity index (χ0n) is 13.9. The predicted molar refractivity (Wildman–Crippen MR) is 83.3 cm³/mol. The molecule has 1 rings (SSSR count). The second kappa shape index (κ2) is 7.08. The summed E-state index contributed by atoms with van der Waals surface area (Å²) in [4.78, 5) is 10.7. The minimum atomic E-state index is -1.79. The summed E-state index contributed by atoms with van der Waals surface area (Å²) in [5, 5.41) is 11.4. The van der Waals surface area contributed by atoms with E-state index >= 15 is 0 Å². The molecule has 0 spiro atoms. The molecule has 0 saturated carbocycles. The third-order valence-corrected chi connectivity index (χ3v) is 9.00. The van der Waals surface area contributed by atoms with Gasteiger partial charge < -0.3 is 24.3 Å². The molecule has 0 aromatic carbocycles. The SMILES string of the molecule is COC1C[C@@H](CO[Si](C)(C)C(C)(C)C)OC[C@@H]1NC(=O)O. The average Bonchev–Trinajstić information content (AvgIpc) is 2.35. The molecule has 1 aliphatic rings. The molecule has 0 aromatic heterocycles. The monoisotopic (exact) mass is 319 g/mol. The molecule has 3 atom stereocenters. The van der Waals surface area contributed by atoms with Crippen molar-refractivity contribution in [2.24, 2.45) is 0 Å².